The maximum absolute atomic E-state index is 12.5. The molecule has 0 saturated carbocycles. The zero-order chi connectivity index (χ0) is 25.1. The lowest BCUT2D eigenvalue weighted by atomic mass is 9.95. The SMILES string of the molecule is O=C(NC1CCOC1O)c1cnc(NNC(=S)NC2c3ccccc3CCc3ccccc32)c(Cl)c1. The number of carbonyl (C=O) groups is 1. The van der Waals surface area contributed by atoms with E-state index in [9.17, 15) is 9.90 Å². The third-order valence-corrected chi connectivity index (χ3v) is 6.96. The van der Waals surface area contributed by atoms with E-state index in [2.05, 4.69) is 62.9 Å². The first kappa shape index (κ1) is 24.5. The van der Waals surface area contributed by atoms with Crippen molar-refractivity contribution in [3.63, 3.8) is 0 Å². The highest BCUT2D eigenvalue weighted by Crippen LogP contribution is 2.32. The van der Waals surface area contributed by atoms with Crippen LogP contribution in [0, 0.1) is 0 Å². The third kappa shape index (κ3) is 5.29. The second kappa shape index (κ2) is 10.8. The van der Waals surface area contributed by atoms with Gasteiger partial charge in [-0.2, -0.15) is 0 Å². The molecule has 36 heavy (non-hydrogen) atoms. The Morgan fingerprint density at radius 1 is 1.06 bits per heavy atom. The molecule has 2 heterocycles. The molecule has 3 aromatic rings. The lowest BCUT2D eigenvalue weighted by molar-refractivity contribution is -0.0704. The number of hydrazine groups is 1. The molecule has 5 N–H and O–H groups in total. The van der Waals surface area contributed by atoms with Gasteiger partial charge in [-0.05, 0) is 59.8 Å². The van der Waals surface area contributed by atoms with E-state index in [0.717, 1.165) is 12.8 Å². The van der Waals surface area contributed by atoms with Crippen molar-refractivity contribution in [1.82, 2.24) is 21.0 Å². The van der Waals surface area contributed by atoms with Crippen LogP contribution in [0.15, 0.2) is 60.8 Å². The van der Waals surface area contributed by atoms with Crippen LogP contribution in [0.25, 0.3) is 0 Å². The zero-order valence-electron chi connectivity index (χ0n) is 19.3. The number of fused-ring (bicyclic) bond motifs is 2. The van der Waals surface area contributed by atoms with Crippen molar-refractivity contribution in [3.8, 4) is 0 Å². The molecule has 1 aromatic heterocycles. The summed E-state index contributed by atoms with van der Waals surface area (Å²) in [6.07, 6.45) is 2.87. The molecule has 2 unspecified atom stereocenters. The van der Waals surface area contributed by atoms with Crippen LogP contribution >= 0.6 is 23.8 Å². The molecular formula is C26H26ClN5O3S. The van der Waals surface area contributed by atoms with Crippen molar-refractivity contribution in [2.75, 3.05) is 12.0 Å². The minimum absolute atomic E-state index is 0.105. The van der Waals surface area contributed by atoms with Crippen molar-refractivity contribution in [3.05, 3.63) is 93.6 Å². The van der Waals surface area contributed by atoms with Crippen molar-refractivity contribution >= 4 is 40.7 Å². The maximum atomic E-state index is 12.5. The van der Waals surface area contributed by atoms with E-state index in [1.54, 1.807) is 0 Å². The highest BCUT2D eigenvalue weighted by atomic mass is 35.5. The molecule has 8 nitrogen and oxygen atoms in total. The number of nitrogens with zero attached hydrogens (tertiary/aromatic N) is 1. The van der Waals surface area contributed by atoms with E-state index < -0.39 is 12.3 Å². The lowest BCUT2D eigenvalue weighted by Gasteiger charge is -2.24. The Morgan fingerprint density at radius 2 is 1.72 bits per heavy atom. The minimum Gasteiger partial charge on any atom is -0.366 e. The van der Waals surface area contributed by atoms with Crippen molar-refractivity contribution < 1.29 is 14.6 Å². The van der Waals surface area contributed by atoms with Gasteiger partial charge in [0.1, 0.15) is 0 Å². The molecular weight excluding hydrogens is 498 g/mol. The van der Waals surface area contributed by atoms with Gasteiger partial charge >= 0.3 is 0 Å². The molecule has 1 amide bonds. The molecule has 2 aliphatic rings. The standard InChI is InChI=1S/C26H26ClN5O3S/c27-20-13-17(24(33)29-21-11-12-35-25(21)34)14-28-23(20)31-32-26(36)30-22-18-7-3-1-5-15(18)9-10-16-6-2-4-8-19(16)22/h1-8,13-14,21-22,25,34H,9-12H2,(H,28,31)(H,29,33)(H2,30,32,36). The normalized spacial score (nSPS) is 18.9. The number of aliphatic hydroxyl groups excluding tert-OH is 1. The van der Waals surface area contributed by atoms with Gasteiger partial charge in [0.05, 0.1) is 29.3 Å². The summed E-state index contributed by atoms with van der Waals surface area (Å²) in [5.74, 6) is -0.0652. The number of nitrogens with one attached hydrogen (secondary N) is 4. The Labute approximate surface area is 219 Å². The van der Waals surface area contributed by atoms with E-state index in [0.29, 0.717) is 24.0 Å². The van der Waals surface area contributed by atoms with Crippen LogP contribution in [0.5, 0.6) is 0 Å². The summed E-state index contributed by atoms with van der Waals surface area (Å²) >= 11 is 11.9. The van der Waals surface area contributed by atoms with E-state index in [4.69, 9.17) is 28.6 Å². The summed E-state index contributed by atoms with van der Waals surface area (Å²) in [5.41, 5.74) is 11.1. The van der Waals surface area contributed by atoms with Crippen molar-refractivity contribution in [1.29, 1.82) is 0 Å². The Kier molecular flexibility index (Phi) is 7.33. The Hall–Kier alpha value is -3.24. The number of pyridine rings is 1. The van der Waals surface area contributed by atoms with Gasteiger partial charge < -0.3 is 20.5 Å². The number of rotatable bonds is 5. The van der Waals surface area contributed by atoms with Crippen molar-refractivity contribution in [2.45, 2.75) is 37.6 Å². The predicted molar refractivity (Wildman–Crippen MR) is 142 cm³/mol. The molecule has 186 valence electrons. The smallest absolute Gasteiger partial charge is 0.253 e. The maximum Gasteiger partial charge on any atom is 0.253 e. The number of aromatic nitrogens is 1. The second-order valence-corrected chi connectivity index (χ2v) is 9.55. The van der Waals surface area contributed by atoms with Crippen LogP contribution in [0.2, 0.25) is 5.02 Å². The fourth-order valence-corrected chi connectivity index (χ4v) is 4.97. The number of ether oxygens (including phenoxy) is 1. The summed E-state index contributed by atoms with van der Waals surface area (Å²) in [4.78, 5) is 16.7. The number of amides is 1. The first-order valence-electron chi connectivity index (χ1n) is 11.7. The summed E-state index contributed by atoms with van der Waals surface area (Å²) in [7, 11) is 0. The third-order valence-electron chi connectivity index (χ3n) is 6.45. The average molecular weight is 524 g/mol. The number of hydrogen-bond acceptors (Lipinski definition) is 6. The quantitative estimate of drug-likeness (QED) is 0.256. The summed E-state index contributed by atoms with van der Waals surface area (Å²) in [6.45, 7) is 0.394. The van der Waals surface area contributed by atoms with Gasteiger partial charge in [-0.15, -0.1) is 0 Å². The highest BCUT2D eigenvalue weighted by Gasteiger charge is 2.28. The average Bonchev–Trinajstić information content (AvgIpc) is 3.22. The number of aryl methyl sites for hydroxylation is 2. The predicted octanol–water partition coefficient (Wildman–Crippen LogP) is 3.25. The van der Waals surface area contributed by atoms with Crippen LogP contribution in [0.4, 0.5) is 5.82 Å². The van der Waals surface area contributed by atoms with Crippen LogP contribution in [-0.2, 0) is 17.6 Å². The Morgan fingerprint density at radius 3 is 2.33 bits per heavy atom. The van der Waals surface area contributed by atoms with E-state index in [-0.39, 0.29) is 22.5 Å². The van der Waals surface area contributed by atoms with Gasteiger partial charge in [-0.3, -0.25) is 15.6 Å². The van der Waals surface area contributed by atoms with Gasteiger partial charge in [0.2, 0.25) is 0 Å². The second-order valence-electron chi connectivity index (χ2n) is 8.74. The molecule has 2 atom stereocenters. The van der Waals surface area contributed by atoms with Gasteiger partial charge in [0.15, 0.2) is 17.2 Å². The number of hydrogen-bond donors (Lipinski definition) is 5. The summed E-state index contributed by atoms with van der Waals surface area (Å²) in [5, 5.41) is 16.5. The fraction of sp³-hybridized carbons (Fsp3) is 0.269. The summed E-state index contributed by atoms with van der Waals surface area (Å²) in [6, 6.07) is 17.7. The molecule has 0 radical (unpaired) electrons. The van der Waals surface area contributed by atoms with E-state index in [1.165, 1.54) is 34.5 Å². The number of anilines is 1. The molecule has 10 heteroatoms. The number of benzene rings is 2. The van der Waals surface area contributed by atoms with Gasteiger partial charge in [0.25, 0.3) is 5.91 Å². The molecule has 0 spiro atoms. The van der Waals surface area contributed by atoms with E-state index >= 15 is 0 Å². The number of carbonyl (C=O) groups excluding carboxylic acids is 1. The number of halogens is 1. The molecule has 1 saturated heterocycles. The molecule has 5 rings (SSSR count). The topological polar surface area (TPSA) is 108 Å². The van der Waals surface area contributed by atoms with Crippen LogP contribution in [0.1, 0.15) is 45.1 Å². The molecule has 1 fully saturated rings. The van der Waals surface area contributed by atoms with Gasteiger partial charge in [0, 0.05) is 6.20 Å². The van der Waals surface area contributed by atoms with Crippen LogP contribution in [-0.4, -0.2) is 40.0 Å². The molecule has 2 aromatic carbocycles. The Balaban J connectivity index is 1.25. The Bertz CT molecular complexity index is 1240. The van der Waals surface area contributed by atoms with E-state index in [1.807, 2.05) is 12.1 Å². The van der Waals surface area contributed by atoms with Crippen LogP contribution in [0.3, 0.4) is 0 Å². The zero-order valence-corrected chi connectivity index (χ0v) is 20.9. The van der Waals surface area contributed by atoms with Crippen LogP contribution < -0.4 is 21.5 Å². The molecule has 1 aliphatic carbocycles. The van der Waals surface area contributed by atoms with Gasteiger partial charge in [-0.1, -0.05) is 60.1 Å². The van der Waals surface area contributed by atoms with Crippen molar-refractivity contribution in [2.24, 2.45) is 0 Å². The summed E-state index contributed by atoms with van der Waals surface area (Å²) < 4.78 is 5.06. The monoisotopic (exact) mass is 523 g/mol. The lowest BCUT2D eigenvalue weighted by Crippen LogP contribution is -2.41. The number of aliphatic hydroxyl groups is 1. The minimum atomic E-state index is -1.01. The number of thiocarbonyl (C=S) groups is 1. The molecule has 0 bridgehead atoms. The highest BCUT2D eigenvalue weighted by molar-refractivity contribution is 7.80. The largest absolute Gasteiger partial charge is 0.366 e. The van der Waals surface area contributed by atoms with Gasteiger partial charge in [-0.25, -0.2) is 4.98 Å². The first-order valence-corrected chi connectivity index (χ1v) is 12.5. The molecule has 1 aliphatic heterocycles. The fourth-order valence-electron chi connectivity index (χ4n) is 4.59. The first-order chi connectivity index (χ1) is 17.5.